The van der Waals surface area contributed by atoms with Gasteiger partial charge in [0.1, 0.15) is 0 Å². The quantitative estimate of drug-likeness (QED) is 0.341. The van der Waals surface area contributed by atoms with Crippen LogP contribution in [0.5, 0.6) is 0 Å². The SMILES string of the molecule is C=C/C=c1/cc2c(/C=C\C)c(/C=C\C)ccc2c/c1=C/CC.CC.CC.CC.CC.I. The number of hydrogen-bond acceptors (Lipinski definition) is 0. The number of hydrogen-bond donors (Lipinski definition) is 0. The van der Waals surface area contributed by atoms with Crippen LogP contribution in [0.1, 0.15) is 93.7 Å². The van der Waals surface area contributed by atoms with Crippen molar-refractivity contribution in [1.82, 2.24) is 0 Å². The second kappa shape index (κ2) is 26.4. The molecule has 0 saturated heterocycles. The zero-order valence-electron chi connectivity index (χ0n) is 22.2. The Kier molecular flexibility index (Phi) is 31.3. The maximum absolute atomic E-state index is 3.85. The first kappa shape index (κ1) is 36.7. The van der Waals surface area contributed by atoms with Crippen molar-refractivity contribution in [3.63, 3.8) is 0 Å². The summed E-state index contributed by atoms with van der Waals surface area (Å²) in [6, 6.07) is 8.97. The van der Waals surface area contributed by atoms with Gasteiger partial charge in [-0.1, -0.05) is 124 Å². The molecule has 176 valence electrons. The molecule has 2 aromatic rings. The van der Waals surface area contributed by atoms with E-state index >= 15 is 0 Å². The second-order valence-corrected chi connectivity index (χ2v) is 5.29. The van der Waals surface area contributed by atoms with Crippen molar-refractivity contribution in [3.05, 3.63) is 70.6 Å². The van der Waals surface area contributed by atoms with E-state index in [4.69, 9.17) is 0 Å². The van der Waals surface area contributed by atoms with Gasteiger partial charge in [0.2, 0.25) is 0 Å². The summed E-state index contributed by atoms with van der Waals surface area (Å²) in [6.45, 7) is 26.1. The summed E-state index contributed by atoms with van der Waals surface area (Å²) in [7, 11) is 0. The van der Waals surface area contributed by atoms with Gasteiger partial charge in [-0.25, -0.2) is 0 Å². The van der Waals surface area contributed by atoms with E-state index in [1.54, 1.807) is 0 Å². The Morgan fingerprint density at radius 3 is 1.77 bits per heavy atom. The standard InChI is InChI=1S/C22H24.4C2H6.HI/c1-5-9-17-13-14-20-15-18(10-6-2)19(11-7-3)16-22(20)21(17)12-8-4;4*1-2;/h5,7-16H,3,6H2,1-2,4H3;4*1-2H3;1H/b9-5-,12-8-,18-10-,19-11-;;;;;. The molecule has 0 amide bonds. The number of benzene rings is 2. The van der Waals surface area contributed by atoms with Crippen molar-refractivity contribution in [2.75, 3.05) is 0 Å². The third kappa shape index (κ3) is 12.7. The molecule has 0 bridgehead atoms. The highest BCUT2D eigenvalue weighted by Gasteiger charge is 2.03. The van der Waals surface area contributed by atoms with E-state index in [0.717, 1.165) is 6.42 Å². The van der Waals surface area contributed by atoms with Gasteiger partial charge in [-0.2, -0.15) is 0 Å². The van der Waals surface area contributed by atoms with E-state index in [1.165, 1.54) is 32.3 Å². The summed E-state index contributed by atoms with van der Waals surface area (Å²) < 4.78 is 0. The minimum absolute atomic E-state index is 0. The molecule has 2 rings (SSSR count). The van der Waals surface area contributed by atoms with Gasteiger partial charge in [-0.3, -0.25) is 0 Å². The largest absolute Gasteiger partial charge is 0.107 e. The van der Waals surface area contributed by atoms with Gasteiger partial charge in [0.05, 0.1) is 0 Å². The third-order valence-corrected chi connectivity index (χ3v) is 3.70. The maximum atomic E-state index is 3.85. The van der Waals surface area contributed by atoms with E-state index in [9.17, 15) is 0 Å². The van der Waals surface area contributed by atoms with Gasteiger partial charge in [0, 0.05) is 0 Å². The van der Waals surface area contributed by atoms with E-state index in [2.05, 4.69) is 88.1 Å². The van der Waals surface area contributed by atoms with Crippen LogP contribution in [-0.2, 0) is 0 Å². The zero-order valence-corrected chi connectivity index (χ0v) is 24.5. The molecule has 0 N–H and O–H groups in total. The van der Waals surface area contributed by atoms with E-state index in [1.807, 2.05) is 61.5 Å². The molecule has 0 atom stereocenters. The summed E-state index contributed by atoms with van der Waals surface area (Å²) in [5, 5.41) is 5.07. The number of allylic oxidation sites excluding steroid dienone is 3. The normalized spacial score (nSPS) is 10.5. The first-order valence-electron chi connectivity index (χ1n) is 11.9. The van der Waals surface area contributed by atoms with Crippen LogP contribution >= 0.6 is 24.0 Å². The second-order valence-electron chi connectivity index (χ2n) is 5.29. The summed E-state index contributed by atoms with van der Waals surface area (Å²) in [5.74, 6) is 0. The smallest absolute Gasteiger partial charge is 0.00991 e. The molecule has 0 nitrogen and oxygen atoms in total. The fraction of sp³-hybridized carbons (Fsp3) is 0.400. The lowest BCUT2D eigenvalue weighted by Crippen LogP contribution is -2.24. The molecule has 31 heavy (non-hydrogen) atoms. The van der Waals surface area contributed by atoms with Gasteiger partial charge in [0.25, 0.3) is 0 Å². The highest BCUT2D eigenvalue weighted by atomic mass is 127. The molecule has 0 aromatic heterocycles. The zero-order chi connectivity index (χ0) is 23.9. The molecular formula is C30H49I. The highest BCUT2D eigenvalue weighted by Crippen LogP contribution is 2.23. The molecule has 0 unspecified atom stereocenters. The van der Waals surface area contributed by atoms with Crippen LogP contribution < -0.4 is 10.4 Å². The van der Waals surface area contributed by atoms with Gasteiger partial charge >= 0.3 is 0 Å². The van der Waals surface area contributed by atoms with Crippen LogP contribution in [0.25, 0.3) is 35.1 Å². The predicted molar refractivity (Wildman–Crippen MR) is 163 cm³/mol. The first-order chi connectivity index (χ1) is 14.7. The topological polar surface area (TPSA) is 0 Å². The Morgan fingerprint density at radius 2 is 1.32 bits per heavy atom. The third-order valence-electron chi connectivity index (χ3n) is 3.70. The summed E-state index contributed by atoms with van der Waals surface area (Å²) in [4.78, 5) is 0. The van der Waals surface area contributed by atoms with Gasteiger partial charge in [0.15, 0.2) is 0 Å². The molecular weight excluding hydrogens is 487 g/mol. The Bertz CT molecular complexity index is 852. The van der Waals surface area contributed by atoms with Crippen LogP contribution in [0.3, 0.4) is 0 Å². The minimum Gasteiger partial charge on any atom is -0.107 e. The first-order valence-corrected chi connectivity index (χ1v) is 11.9. The van der Waals surface area contributed by atoms with Crippen molar-refractivity contribution >= 4 is 59.1 Å². The molecule has 0 radical (unpaired) electrons. The number of rotatable bonds is 4. The van der Waals surface area contributed by atoms with Crippen LogP contribution in [0.2, 0.25) is 0 Å². The van der Waals surface area contributed by atoms with Crippen LogP contribution in [0, 0.1) is 0 Å². The van der Waals surface area contributed by atoms with Crippen molar-refractivity contribution in [1.29, 1.82) is 0 Å². The van der Waals surface area contributed by atoms with Gasteiger partial charge < -0.3 is 0 Å². The van der Waals surface area contributed by atoms with E-state index in [0.29, 0.717) is 0 Å². The van der Waals surface area contributed by atoms with Crippen LogP contribution in [0.15, 0.2) is 49.1 Å². The average Bonchev–Trinajstić information content (AvgIpc) is 2.82. The number of halogens is 1. The van der Waals surface area contributed by atoms with E-state index in [-0.39, 0.29) is 24.0 Å². The minimum atomic E-state index is 0. The van der Waals surface area contributed by atoms with Crippen LogP contribution in [0.4, 0.5) is 0 Å². The molecule has 0 aliphatic carbocycles. The molecule has 0 fully saturated rings. The molecule has 0 spiro atoms. The van der Waals surface area contributed by atoms with E-state index < -0.39 is 0 Å². The fourth-order valence-corrected chi connectivity index (χ4v) is 2.79. The highest BCUT2D eigenvalue weighted by molar-refractivity contribution is 14.0. The Hall–Kier alpha value is -1.61. The molecule has 0 heterocycles. The number of fused-ring (bicyclic) bond motifs is 1. The van der Waals surface area contributed by atoms with Crippen molar-refractivity contribution < 1.29 is 0 Å². The molecule has 0 saturated carbocycles. The van der Waals surface area contributed by atoms with Gasteiger partial charge in [-0.05, 0) is 64.7 Å². The van der Waals surface area contributed by atoms with Crippen molar-refractivity contribution in [2.45, 2.75) is 82.6 Å². The summed E-state index contributed by atoms with van der Waals surface area (Å²) in [5.41, 5.74) is 2.53. The molecule has 0 aliphatic rings. The van der Waals surface area contributed by atoms with Crippen molar-refractivity contribution in [3.8, 4) is 0 Å². The Balaban J connectivity index is -0.000000364. The van der Waals surface area contributed by atoms with Crippen molar-refractivity contribution in [2.24, 2.45) is 0 Å². The lowest BCUT2D eigenvalue weighted by atomic mass is 9.96. The molecule has 0 aliphatic heterocycles. The Morgan fingerprint density at radius 1 is 0.774 bits per heavy atom. The summed E-state index contributed by atoms with van der Waals surface area (Å²) >= 11 is 0. The molecule has 2 aromatic carbocycles. The Labute approximate surface area is 211 Å². The average molecular weight is 537 g/mol. The maximum Gasteiger partial charge on any atom is -0.00991 e. The van der Waals surface area contributed by atoms with Crippen LogP contribution in [-0.4, -0.2) is 0 Å². The fourth-order valence-electron chi connectivity index (χ4n) is 2.79. The predicted octanol–water partition coefficient (Wildman–Crippen LogP) is 9.79. The monoisotopic (exact) mass is 536 g/mol. The van der Waals surface area contributed by atoms with Gasteiger partial charge in [-0.15, -0.1) is 24.0 Å². The molecule has 1 heteroatoms. The summed E-state index contributed by atoms with van der Waals surface area (Å²) in [6.07, 6.45) is 15.8. The lowest BCUT2D eigenvalue weighted by molar-refractivity contribution is 1.28. The lowest BCUT2D eigenvalue weighted by Gasteiger charge is -2.08.